The molecule has 5 heteroatoms. The normalized spacial score (nSPS) is 17.8. The van der Waals surface area contributed by atoms with Crippen molar-refractivity contribution in [1.29, 1.82) is 0 Å². The number of aliphatic hydroxyl groups is 1. The van der Waals surface area contributed by atoms with Crippen LogP contribution in [0.25, 0.3) is 0 Å². The van der Waals surface area contributed by atoms with E-state index < -0.39 is 11.7 Å². The number of benzene rings is 1. The van der Waals surface area contributed by atoms with Crippen molar-refractivity contribution in [3.8, 4) is 0 Å². The fourth-order valence-corrected chi connectivity index (χ4v) is 3.01. The van der Waals surface area contributed by atoms with E-state index in [9.17, 15) is 14.3 Å². The summed E-state index contributed by atoms with van der Waals surface area (Å²) in [6, 6.07) is 4.16. The summed E-state index contributed by atoms with van der Waals surface area (Å²) in [5.41, 5.74) is -0.399. The van der Waals surface area contributed by atoms with E-state index in [1.54, 1.807) is 0 Å². The van der Waals surface area contributed by atoms with E-state index in [1.165, 1.54) is 18.2 Å². The predicted molar refractivity (Wildman–Crippen MR) is 76.3 cm³/mol. The van der Waals surface area contributed by atoms with Crippen LogP contribution in [0.2, 0.25) is 5.02 Å². The van der Waals surface area contributed by atoms with Crippen molar-refractivity contribution < 1.29 is 14.3 Å². The van der Waals surface area contributed by atoms with Gasteiger partial charge < -0.3 is 10.4 Å². The Kier molecular flexibility index (Phi) is 5.00. The van der Waals surface area contributed by atoms with Gasteiger partial charge in [0.1, 0.15) is 5.82 Å². The zero-order valence-corrected chi connectivity index (χ0v) is 12.0. The van der Waals surface area contributed by atoms with E-state index in [0.717, 1.165) is 32.1 Å². The molecule has 0 aliphatic heterocycles. The quantitative estimate of drug-likeness (QED) is 0.897. The molecule has 1 aromatic rings. The average molecular weight is 300 g/mol. The summed E-state index contributed by atoms with van der Waals surface area (Å²) in [4.78, 5) is 12.1. The summed E-state index contributed by atoms with van der Waals surface area (Å²) in [5.74, 6) is -1.15. The molecular weight excluding hydrogens is 281 g/mol. The molecule has 1 saturated carbocycles. The van der Waals surface area contributed by atoms with Crippen molar-refractivity contribution in [3.63, 3.8) is 0 Å². The molecule has 1 aliphatic rings. The van der Waals surface area contributed by atoms with Crippen molar-refractivity contribution >= 4 is 17.5 Å². The summed E-state index contributed by atoms with van der Waals surface area (Å²) in [6.07, 6.45) is 5.03. The summed E-state index contributed by atoms with van der Waals surface area (Å²) in [7, 11) is 0. The van der Waals surface area contributed by atoms with Gasteiger partial charge in [-0.3, -0.25) is 4.79 Å². The maximum Gasteiger partial charge on any atom is 0.255 e. The molecule has 0 spiro atoms. The molecule has 0 atom stereocenters. The lowest BCUT2D eigenvalue weighted by molar-refractivity contribution is 0.0716. The van der Waals surface area contributed by atoms with E-state index in [-0.39, 0.29) is 22.6 Å². The van der Waals surface area contributed by atoms with Gasteiger partial charge in [0.2, 0.25) is 0 Å². The van der Waals surface area contributed by atoms with Gasteiger partial charge in [0, 0.05) is 12.0 Å². The first-order chi connectivity index (χ1) is 9.58. The van der Waals surface area contributed by atoms with Gasteiger partial charge in [-0.05, 0) is 25.0 Å². The van der Waals surface area contributed by atoms with E-state index in [4.69, 9.17) is 11.6 Å². The molecule has 1 amide bonds. The second kappa shape index (κ2) is 6.55. The number of aliphatic hydroxyl groups excluding tert-OH is 1. The van der Waals surface area contributed by atoms with Gasteiger partial charge in [0.25, 0.3) is 5.91 Å². The van der Waals surface area contributed by atoms with Crippen molar-refractivity contribution in [2.75, 3.05) is 13.2 Å². The molecule has 1 fully saturated rings. The third-order valence-corrected chi connectivity index (χ3v) is 4.38. The molecule has 110 valence electrons. The van der Waals surface area contributed by atoms with Crippen LogP contribution in [0.5, 0.6) is 0 Å². The van der Waals surface area contributed by atoms with Gasteiger partial charge in [-0.1, -0.05) is 36.9 Å². The molecule has 0 radical (unpaired) electrons. The Morgan fingerprint density at radius 2 is 2.05 bits per heavy atom. The molecular formula is C15H19ClFNO2. The van der Waals surface area contributed by atoms with Crippen LogP contribution < -0.4 is 5.32 Å². The van der Waals surface area contributed by atoms with E-state index >= 15 is 0 Å². The summed E-state index contributed by atoms with van der Waals surface area (Å²) in [5, 5.41) is 12.4. The standard InChI is InChI=1S/C15H19ClFNO2/c16-11-5-4-6-12(17)13(11)14(20)18-9-15(10-19)7-2-1-3-8-15/h4-6,19H,1-3,7-10H2,(H,18,20). The highest BCUT2D eigenvalue weighted by Gasteiger charge is 2.32. The number of hydrogen-bond donors (Lipinski definition) is 2. The van der Waals surface area contributed by atoms with E-state index in [1.807, 2.05) is 0 Å². The second-order valence-corrected chi connectivity index (χ2v) is 5.91. The molecule has 0 aromatic heterocycles. The third kappa shape index (κ3) is 3.30. The van der Waals surface area contributed by atoms with E-state index in [2.05, 4.69) is 5.32 Å². The molecule has 2 rings (SSSR count). The zero-order chi connectivity index (χ0) is 14.6. The molecule has 0 bridgehead atoms. The van der Waals surface area contributed by atoms with Crippen molar-refractivity contribution in [3.05, 3.63) is 34.6 Å². The van der Waals surface area contributed by atoms with Crippen LogP contribution in [0.4, 0.5) is 4.39 Å². The van der Waals surface area contributed by atoms with Crippen LogP contribution in [0.15, 0.2) is 18.2 Å². The topological polar surface area (TPSA) is 49.3 Å². The monoisotopic (exact) mass is 299 g/mol. The Bertz CT molecular complexity index is 467. The van der Waals surface area contributed by atoms with Crippen LogP contribution in [0.3, 0.4) is 0 Å². The molecule has 0 heterocycles. The Hall–Kier alpha value is -1.13. The lowest BCUT2D eigenvalue weighted by Crippen LogP contribution is -2.41. The maximum atomic E-state index is 13.6. The predicted octanol–water partition coefficient (Wildman–Crippen LogP) is 3.15. The van der Waals surface area contributed by atoms with Crippen LogP contribution in [0, 0.1) is 11.2 Å². The van der Waals surface area contributed by atoms with Crippen molar-refractivity contribution in [1.82, 2.24) is 5.32 Å². The molecule has 0 saturated heterocycles. The number of amides is 1. The minimum absolute atomic E-state index is 0.0400. The number of carbonyl (C=O) groups excluding carboxylic acids is 1. The highest BCUT2D eigenvalue weighted by molar-refractivity contribution is 6.33. The molecule has 20 heavy (non-hydrogen) atoms. The highest BCUT2D eigenvalue weighted by Crippen LogP contribution is 2.35. The molecule has 0 unspecified atom stereocenters. The van der Waals surface area contributed by atoms with Gasteiger partial charge >= 0.3 is 0 Å². The number of rotatable bonds is 4. The average Bonchev–Trinajstić information content (AvgIpc) is 2.46. The fourth-order valence-electron chi connectivity index (χ4n) is 2.76. The smallest absolute Gasteiger partial charge is 0.255 e. The molecule has 1 aliphatic carbocycles. The lowest BCUT2D eigenvalue weighted by atomic mass is 9.74. The number of carbonyl (C=O) groups is 1. The Balaban J connectivity index is 2.04. The van der Waals surface area contributed by atoms with Crippen LogP contribution >= 0.6 is 11.6 Å². The van der Waals surface area contributed by atoms with E-state index in [0.29, 0.717) is 6.54 Å². The van der Waals surface area contributed by atoms with Gasteiger partial charge in [0.15, 0.2) is 0 Å². The van der Waals surface area contributed by atoms with Gasteiger partial charge in [-0.15, -0.1) is 0 Å². The summed E-state index contributed by atoms with van der Waals surface area (Å²) >= 11 is 5.86. The van der Waals surface area contributed by atoms with Crippen LogP contribution in [0.1, 0.15) is 42.5 Å². The first-order valence-electron chi connectivity index (χ1n) is 6.91. The summed E-state index contributed by atoms with van der Waals surface area (Å²) in [6.45, 7) is 0.394. The summed E-state index contributed by atoms with van der Waals surface area (Å²) < 4.78 is 13.6. The maximum absolute atomic E-state index is 13.6. The largest absolute Gasteiger partial charge is 0.396 e. The zero-order valence-electron chi connectivity index (χ0n) is 11.3. The Morgan fingerprint density at radius 1 is 1.35 bits per heavy atom. The SMILES string of the molecule is O=C(NCC1(CO)CCCCC1)c1c(F)cccc1Cl. The number of hydrogen-bond acceptors (Lipinski definition) is 2. The number of halogens is 2. The number of nitrogens with one attached hydrogen (secondary N) is 1. The minimum atomic E-state index is -0.628. The Labute approximate surface area is 123 Å². The van der Waals surface area contributed by atoms with Crippen molar-refractivity contribution in [2.45, 2.75) is 32.1 Å². The van der Waals surface area contributed by atoms with Gasteiger partial charge in [-0.2, -0.15) is 0 Å². The van der Waals surface area contributed by atoms with Gasteiger partial charge in [0.05, 0.1) is 17.2 Å². The molecule has 2 N–H and O–H groups in total. The van der Waals surface area contributed by atoms with Gasteiger partial charge in [-0.25, -0.2) is 4.39 Å². The lowest BCUT2D eigenvalue weighted by Gasteiger charge is -2.35. The van der Waals surface area contributed by atoms with Crippen LogP contribution in [-0.4, -0.2) is 24.2 Å². The Morgan fingerprint density at radius 3 is 2.65 bits per heavy atom. The first-order valence-corrected chi connectivity index (χ1v) is 7.29. The highest BCUT2D eigenvalue weighted by atomic mass is 35.5. The molecule has 1 aromatic carbocycles. The molecule has 3 nitrogen and oxygen atoms in total. The van der Waals surface area contributed by atoms with Crippen LogP contribution in [-0.2, 0) is 0 Å². The fraction of sp³-hybridized carbons (Fsp3) is 0.533. The third-order valence-electron chi connectivity index (χ3n) is 4.06. The second-order valence-electron chi connectivity index (χ2n) is 5.50. The van der Waals surface area contributed by atoms with Crippen molar-refractivity contribution in [2.24, 2.45) is 5.41 Å². The first kappa shape index (κ1) is 15.3. The minimum Gasteiger partial charge on any atom is -0.396 e.